The Morgan fingerprint density at radius 1 is 1.27 bits per heavy atom. The van der Waals surface area contributed by atoms with E-state index in [0.717, 1.165) is 0 Å². The van der Waals surface area contributed by atoms with Crippen molar-refractivity contribution in [3.05, 3.63) is 0 Å². The molecule has 0 bridgehead atoms. The molecule has 0 aromatic heterocycles. The number of carbonyl (C=O) groups excluding carboxylic acids is 2. The summed E-state index contributed by atoms with van der Waals surface area (Å²) in [4.78, 5) is 23.1. The Hall–Kier alpha value is -0.420. The summed E-state index contributed by atoms with van der Waals surface area (Å²) in [6, 6.07) is 0. The summed E-state index contributed by atoms with van der Waals surface area (Å²) in [6.07, 6.45) is 1.18. The molecule has 0 spiro atoms. The highest BCUT2D eigenvalue weighted by atomic mass is 79.9. The molecule has 0 saturated heterocycles. The minimum absolute atomic E-state index is 0.0119. The van der Waals surface area contributed by atoms with Crippen LogP contribution in [0.1, 0.15) is 12.8 Å². The van der Waals surface area contributed by atoms with Gasteiger partial charge in [0.05, 0.1) is 24.5 Å². The van der Waals surface area contributed by atoms with Gasteiger partial charge in [-0.05, 0) is 12.8 Å². The zero-order chi connectivity index (χ0) is 11.4. The lowest BCUT2D eigenvalue weighted by Crippen LogP contribution is -2.27. The van der Waals surface area contributed by atoms with Crippen LogP contribution in [0.5, 0.6) is 0 Å². The number of Topliss-reactive ketones (excluding diaryl/α,β-unsaturated/α-hetero) is 1. The number of methoxy groups -OCH3 is 2. The molecule has 0 unspecified atom stereocenters. The quantitative estimate of drug-likeness (QED) is 0.572. The Bertz CT molecular complexity index is 230. The minimum atomic E-state index is -0.343. The van der Waals surface area contributed by atoms with Crippen LogP contribution in [0.15, 0.2) is 0 Å². The summed E-state index contributed by atoms with van der Waals surface area (Å²) >= 11 is 3.12. The second-order valence-corrected chi connectivity index (χ2v) is 4.23. The number of halogens is 1. The van der Waals surface area contributed by atoms with E-state index >= 15 is 0 Å². The Morgan fingerprint density at radius 2 is 1.87 bits per heavy atom. The van der Waals surface area contributed by atoms with Gasteiger partial charge >= 0.3 is 5.97 Å². The Morgan fingerprint density at radius 3 is 2.33 bits per heavy atom. The molecule has 86 valence electrons. The molecular formula is C10H15BrO4. The van der Waals surface area contributed by atoms with Crippen molar-refractivity contribution in [2.45, 2.75) is 18.9 Å². The van der Waals surface area contributed by atoms with E-state index in [1.807, 2.05) is 0 Å². The molecule has 1 saturated carbocycles. The Balaban J connectivity index is 2.73. The molecule has 0 amide bonds. The number of ether oxygens (including phenoxy) is 2. The summed E-state index contributed by atoms with van der Waals surface area (Å²) in [5, 5.41) is 0.279. The molecule has 0 N–H and O–H groups in total. The van der Waals surface area contributed by atoms with Gasteiger partial charge in [-0.1, -0.05) is 15.9 Å². The fourth-order valence-electron chi connectivity index (χ4n) is 2.05. The van der Waals surface area contributed by atoms with Gasteiger partial charge in [-0.3, -0.25) is 9.59 Å². The molecular weight excluding hydrogens is 264 g/mol. The molecule has 0 aromatic carbocycles. The number of alkyl halides is 1. The Kier molecular flexibility index (Phi) is 4.73. The smallest absolute Gasteiger partial charge is 0.309 e. The van der Waals surface area contributed by atoms with Gasteiger partial charge in [0.25, 0.3) is 0 Å². The largest absolute Gasteiger partial charge is 0.469 e. The molecule has 4 nitrogen and oxygen atoms in total. The van der Waals surface area contributed by atoms with Crippen LogP contribution < -0.4 is 0 Å². The topological polar surface area (TPSA) is 52.6 Å². The molecule has 0 aliphatic heterocycles. The number of hydrogen-bond donors (Lipinski definition) is 0. The minimum Gasteiger partial charge on any atom is -0.469 e. The van der Waals surface area contributed by atoms with Crippen molar-refractivity contribution in [2.75, 3.05) is 19.5 Å². The highest BCUT2D eigenvalue weighted by Crippen LogP contribution is 2.35. The van der Waals surface area contributed by atoms with Gasteiger partial charge in [-0.15, -0.1) is 0 Å². The maximum Gasteiger partial charge on any atom is 0.309 e. The van der Waals surface area contributed by atoms with E-state index in [1.54, 1.807) is 7.11 Å². The average molecular weight is 279 g/mol. The summed E-state index contributed by atoms with van der Waals surface area (Å²) in [5.74, 6) is -0.870. The van der Waals surface area contributed by atoms with Crippen molar-refractivity contribution in [1.29, 1.82) is 0 Å². The van der Waals surface area contributed by atoms with Crippen molar-refractivity contribution in [1.82, 2.24) is 0 Å². The van der Waals surface area contributed by atoms with Crippen LogP contribution in [0.2, 0.25) is 0 Å². The zero-order valence-electron chi connectivity index (χ0n) is 8.86. The van der Waals surface area contributed by atoms with E-state index in [1.165, 1.54) is 7.11 Å². The third kappa shape index (κ3) is 2.78. The predicted octanol–water partition coefficient (Wildman–Crippen LogP) is 1.16. The second-order valence-electron chi connectivity index (χ2n) is 3.67. The van der Waals surface area contributed by atoms with Gasteiger partial charge < -0.3 is 9.47 Å². The first-order chi connectivity index (χ1) is 7.13. The lowest BCUT2D eigenvalue weighted by molar-refractivity contribution is -0.148. The van der Waals surface area contributed by atoms with Crippen LogP contribution in [0.25, 0.3) is 0 Å². The van der Waals surface area contributed by atoms with Crippen LogP contribution in [-0.2, 0) is 19.1 Å². The average Bonchev–Trinajstić information content (AvgIpc) is 2.70. The maximum absolute atomic E-state index is 11.6. The number of hydrogen-bond acceptors (Lipinski definition) is 4. The first-order valence-corrected chi connectivity index (χ1v) is 5.95. The van der Waals surface area contributed by atoms with Crippen LogP contribution in [0.3, 0.4) is 0 Å². The molecule has 1 aliphatic rings. The monoisotopic (exact) mass is 278 g/mol. The van der Waals surface area contributed by atoms with Gasteiger partial charge in [-0.2, -0.15) is 0 Å². The second kappa shape index (κ2) is 5.61. The van der Waals surface area contributed by atoms with Crippen molar-refractivity contribution >= 4 is 27.7 Å². The molecule has 15 heavy (non-hydrogen) atoms. The van der Waals surface area contributed by atoms with Gasteiger partial charge in [0.15, 0.2) is 0 Å². The first kappa shape index (κ1) is 12.6. The van der Waals surface area contributed by atoms with Crippen molar-refractivity contribution in [2.24, 2.45) is 11.8 Å². The molecule has 5 heteroatoms. The third-order valence-electron chi connectivity index (χ3n) is 2.90. The number of rotatable bonds is 4. The predicted molar refractivity (Wildman–Crippen MR) is 57.8 cm³/mol. The lowest BCUT2D eigenvalue weighted by atomic mass is 9.93. The number of carbonyl (C=O) groups is 2. The highest BCUT2D eigenvalue weighted by Gasteiger charge is 2.42. The van der Waals surface area contributed by atoms with Crippen LogP contribution in [0, 0.1) is 11.8 Å². The number of esters is 1. The standard InChI is InChI=1S/C10H15BrO4/c1-14-6-3-7(9(12)5-11)8(4-6)10(13)15-2/h6-8H,3-5H2,1-2H3/t6-,7+,8+/m0/s1. The van der Waals surface area contributed by atoms with E-state index in [0.29, 0.717) is 12.8 Å². The molecule has 1 fully saturated rings. The molecule has 0 aromatic rings. The van der Waals surface area contributed by atoms with Gasteiger partial charge in [0, 0.05) is 13.0 Å². The van der Waals surface area contributed by atoms with Crippen LogP contribution >= 0.6 is 15.9 Å². The lowest BCUT2D eigenvalue weighted by Gasteiger charge is -2.14. The summed E-state index contributed by atoms with van der Waals surface area (Å²) in [6.45, 7) is 0. The molecule has 3 atom stereocenters. The molecule has 0 heterocycles. The van der Waals surface area contributed by atoms with Crippen LogP contribution in [0.4, 0.5) is 0 Å². The van der Waals surface area contributed by atoms with Crippen molar-refractivity contribution < 1.29 is 19.1 Å². The highest BCUT2D eigenvalue weighted by molar-refractivity contribution is 9.09. The third-order valence-corrected chi connectivity index (χ3v) is 3.45. The van der Waals surface area contributed by atoms with Crippen LogP contribution in [-0.4, -0.2) is 37.4 Å². The summed E-state index contributed by atoms with van der Waals surface area (Å²) in [7, 11) is 2.94. The molecule has 1 aliphatic carbocycles. The Labute approximate surface area is 97.4 Å². The zero-order valence-corrected chi connectivity index (χ0v) is 10.5. The van der Waals surface area contributed by atoms with E-state index in [-0.39, 0.29) is 35.0 Å². The normalized spacial score (nSPS) is 30.2. The first-order valence-electron chi connectivity index (χ1n) is 4.83. The van der Waals surface area contributed by atoms with Crippen molar-refractivity contribution in [3.8, 4) is 0 Å². The van der Waals surface area contributed by atoms with Crippen molar-refractivity contribution in [3.63, 3.8) is 0 Å². The maximum atomic E-state index is 11.6. The molecule has 1 rings (SSSR count). The fourth-order valence-corrected chi connectivity index (χ4v) is 2.47. The summed E-state index contributed by atoms with van der Waals surface area (Å²) < 4.78 is 9.88. The van der Waals surface area contributed by atoms with Gasteiger partial charge in [-0.25, -0.2) is 0 Å². The van der Waals surface area contributed by atoms with E-state index in [9.17, 15) is 9.59 Å². The SMILES string of the molecule is COC(=O)[C@@H]1C[C@@H](OC)C[C@H]1C(=O)CBr. The van der Waals surface area contributed by atoms with E-state index in [4.69, 9.17) is 4.74 Å². The fraction of sp³-hybridized carbons (Fsp3) is 0.800. The van der Waals surface area contributed by atoms with Gasteiger partial charge in [0.1, 0.15) is 5.78 Å². The van der Waals surface area contributed by atoms with Gasteiger partial charge in [0.2, 0.25) is 0 Å². The summed E-state index contributed by atoms with van der Waals surface area (Å²) in [5.41, 5.74) is 0. The number of ketones is 1. The van der Waals surface area contributed by atoms with E-state index < -0.39 is 0 Å². The van der Waals surface area contributed by atoms with E-state index in [2.05, 4.69) is 20.7 Å². The molecule has 0 radical (unpaired) electrons.